The summed E-state index contributed by atoms with van der Waals surface area (Å²) in [5, 5.41) is 12.1. The Morgan fingerprint density at radius 2 is 1.53 bits per heavy atom. The van der Waals surface area contributed by atoms with Crippen LogP contribution in [0.5, 0.6) is 0 Å². The van der Waals surface area contributed by atoms with Crippen molar-refractivity contribution in [3.63, 3.8) is 0 Å². The topological polar surface area (TPSA) is 24.1 Å². The number of aliphatic hydroxyl groups excluding tert-OH is 1. The first-order chi connectivity index (χ1) is 9.38. The average Bonchev–Trinajstić information content (AvgIpc) is 2.49. The molecular weight excluding hydrogens is 234 g/mol. The molecule has 2 aromatic carbocycles. The van der Waals surface area contributed by atoms with Gasteiger partial charge in [-0.05, 0) is 11.5 Å². The zero-order valence-corrected chi connectivity index (χ0v) is 10.6. The second kappa shape index (κ2) is 5.21. The summed E-state index contributed by atoms with van der Waals surface area (Å²) in [4.78, 5) is 0. The van der Waals surface area contributed by atoms with Gasteiger partial charge < -0.3 is 5.11 Å². The van der Waals surface area contributed by atoms with E-state index in [2.05, 4.69) is 29.0 Å². The molecule has 94 valence electrons. The number of nitrogens with zero attached hydrogens (tertiary/aromatic N) is 1. The Balaban J connectivity index is 2.06. The van der Waals surface area contributed by atoms with Crippen LogP contribution in [0.25, 0.3) is 10.8 Å². The molecule has 0 aliphatic rings. The van der Waals surface area contributed by atoms with Crippen LogP contribution in [0.4, 0.5) is 0 Å². The van der Waals surface area contributed by atoms with Crippen molar-refractivity contribution in [1.29, 1.82) is 0 Å². The molecule has 1 heterocycles. The summed E-state index contributed by atoms with van der Waals surface area (Å²) in [6, 6.07) is 20.4. The summed E-state index contributed by atoms with van der Waals surface area (Å²) in [5.74, 6) is 0. The van der Waals surface area contributed by atoms with Crippen LogP contribution in [-0.4, -0.2) is 11.7 Å². The molecule has 1 N–H and O–H groups in total. The maximum absolute atomic E-state index is 9.68. The Bertz CT molecular complexity index is 679. The molecule has 0 aliphatic carbocycles. The Labute approximate surface area is 112 Å². The van der Waals surface area contributed by atoms with Gasteiger partial charge in [0.15, 0.2) is 12.4 Å². The molecular formula is C17H16NO+. The van der Waals surface area contributed by atoms with Crippen molar-refractivity contribution in [1.82, 2.24) is 0 Å². The van der Waals surface area contributed by atoms with Crippen molar-refractivity contribution in [3.05, 3.63) is 78.6 Å². The Kier molecular flexibility index (Phi) is 3.25. The van der Waals surface area contributed by atoms with Gasteiger partial charge in [-0.1, -0.05) is 48.5 Å². The second-order valence-electron chi connectivity index (χ2n) is 4.63. The van der Waals surface area contributed by atoms with Crippen LogP contribution < -0.4 is 4.57 Å². The Morgan fingerprint density at radius 3 is 2.26 bits per heavy atom. The molecule has 0 unspecified atom stereocenters. The highest BCUT2D eigenvalue weighted by atomic mass is 16.3. The zero-order valence-electron chi connectivity index (χ0n) is 10.6. The van der Waals surface area contributed by atoms with Crippen LogP contribution in [0, 0.1) is 0 Å². The van der Waals surface area contributed by atoms with Gasteiger partial charge in [-0.3, -0.25) is 0 Å². The van der Waals surface area contributed by atoms with E-state index in [9.17, 15) is 5.11 Å². The van der Waals surface area contributed by atoms with Crippen molar-refractivity contribution in [2.24, 2.45) is 0 Å². The summed E-state index contributed by atoms with van der Waals surface area (Å²) < 4.78 is 2.07. The van der Waals surface area contributed by atoms with Gasteiger partial charge in [0.25, 0.3) is 0 Å². The highest BCUT2D eigenvalue weighted by molar-refractivity contribution is 5.80. The van der Waals surface area contributed by atoms with E-state index in [-0.39, 0.29) is 12.6 Å². The molecule has 2 heteroatoms. The molecule has 0 aliphatic heterocycles. The highest BCUT2D eigenvalue weighted by Crippen LogP contribution is 2.15. The number of pyridine rings is 1. The van der Waals surface area contributed by atoms with Gasteiger partial charge in [0.2, 0.25) is 6.04 Å². The third-order valence-electron chi connectivity index (χ3n) is 3.43. The predicted molar refractivity (Wildman–Crippen MR) is 75.8 cm³/mol. The van der Waals surface area contributed by atoms with Crippen LogP contribution in [-0.2, 0) is 0 Å². The molecule has 1 atom stereocenters. The van der Waals surface area contributed by atoms with Crippen molar-refractivity contribution < 1.29 is 9.67 Å². The van der Waals surface area contributed by atoms with Crippen molar-refractivity contribution in [2.75, 3.05) is 6.61 Å². The molecule has 0 spiro atoms. The average molecular weight is 250 g/mol. The Morgan fingerprint density at radius 1 is 0.842 bits per heavy atom. The van der Waals surface area contributed by atoms with Crippen molar-refractivity contribution >= 4 is 10.8 Å². The third kappa shape index (κ3) is 2.35. The van der Waals surface area contributed by atoms with Crippen LogP contribution in [0.3, 0.4) is 0 Å². The molecule has 0 bridgehead atoms. The molecule has 0 fully saturated rings. The summed E-state index contributed by atoms with van der Waals surface area (Å²) in [6.07, 6.45) is 4.11. The zero-order chi connectivity index (χ0) is 13.1. The van der Waals surface area contributed by atoms with Gasteiger partial charge in [0, 0.05) is 17.0 Å². The molecule has 1 aromatic heterocycles. The lowest BCUT2D eigenvalue weighted by atomic mass is 10.1. The summed E-state index contributed by atoms with van der Waals surface area (Å²) >= 11 is 0. The van der Waals surface area contributed by atoms with Crippen LogP contribution in [0.15, 0.2) is 73.1 Å². The van der Waals surface area contributed by atoms with E-state index in [0.717, 1.165) is 5.56 Å². The minimum atomic E-state index is -0.0363. The van der Waals surface area contributed by atoms with Crippen molar-refractivity contribution in [2.45, 2.75) is 6.04 Å². The third-order valence-corrected chi connectivity index (χ3v) is 3.43. The fourth-order valence-corrected chi connectivity index (χ4v) is 2.39. The fraction of sp³-hybridized carbons (Fsp3) is 0.118. The lowest BCUT2D eigenvalue weighted by molar-refractivity contribution is -0.714. The quantitative estimate of drug-likeness (QED) is 0.710. The predicted octanol–water partition coefficient (Wildman–Crippen LogP) is 2.71. The van der Waals surface area contributed by atoms with E-state index < -0.39 is 0 Å². The van der Waals surface area contributed by atoms with E-state index in [4.69, 9.17) is 0 Å². The lowest BCUT2D eigenvalue weighted by Gasteiger charge is -2.10. The van der Waals surface area contributed by atoms with E-state index >= 15 is 0 Å². The van der Waals surface area contributed by atoms with Crippen LogP contribution in [0.2, 0.25) is 0 Å². The monoisotopic (exact) mass is 250 g/mol. The van der Waals surface area contributed by atoms with E-state index in [0.29, 0.717) is 0 Å². The van der Waals surface area contributed by atoms with Gasteiger partial charge in [-0.25, -0.2) is 0 Å². The molecule has 2 nitrogen and oxygen atoms in total. The number of rotatable bonds is 3. The smallest absolute Gasteiger partial charge is 0.206 e. The number of hydrogen-bond donors (Lipinski definition) is 1. The largest absolute Gasteiger partial charge is 0.389 e. The first-order valence-electron chi connectivity index (χ1n) is 6.44. The Hall–Kier alpha value is -2.19. The SMILES string of the molecule is OC[C@@H](c1ccccc1)[n+]1ccc2ccccc2c1. The van der Waals surface area contributed by atoms with E-state index in [1.165, 1.54) is 10.8 Å². The van der Waals surface area contributed by atoms with Crippen LogP contribution >= 0.6 is 0 Å². The highest BCUT2D eigenvalue weighted by Gasteiger charge is 2.19. The molecule has 3 rings (SSSR count). The molecule has 0 saturated heterocycles. The van der Waals surface area contributed by atoms with E-state index in [1.54, 1.807) is 0 Å². The van der Waals surface area contributed by atoms with Crippen LogP contribution in [0.1, 0.15) is 11.6 Å². The second-order valence-corrected chi connectivity index (χ2v) is 4.63. The first kappa shape index (κ1) is 11.9. The summed E-state index contributed by atoms with van der Waals surface area (Å²) in [5.41, 5.74) is 1.12. The van der Waals surface area contributed by atoms with Gasteiger partial charge in [0.1, 0.15) is 6.61 Å². The lowest BCUT2D eigenvalue weighted by Crippen LogP contribution is -2.41. The number of benzene rings is 2. The van der Waals surface area contributed by atoms with Gasteiger partial charge in [-0.15, -0.1) is 0 Å². The van der Waals surface area contributed by atoms with Gasteiger partial charge >= 0.3 is 0 Å². The minimum absolute atomic E-state index is 0.0363. The minimum Gasteiger partial charge on any atom is -0.389 e. The fourth-order valence-electron chi connectivity index (χ4n) is 2.39. The normalized spacial score (nSPS) is 12.5. The molecule has 0 saturated carbocycles. The van der Waals surface area contributed by atoms with Crippen molar-refractivity contribution in [3.8, 4) is 0 Å². The number of aliphatic hydroxyl groups is 1. The molecule has 0 amide bonds. The standard InChI is InChI=1S/C17H16NO/c19-13-17(15-7-2-1-3-8-15)18-11-10-14-6-4-5-9-16(14)12-18/h1-12,17,19H,13H2/q+1/t17-/m0/s1. The maximum atomic E-state index is 9.68. The summed E-state index contributed by atoms with van der Waals surface area (Å²) in [7, 11) is 0. The molecule has 19 heavy (non-hydrogen) atoms. The number of fused-ring (bicyclic) bond motifs is 1. The first-order valence-corrected chi connectivity index (χ1v) is 6.44. The number of aromatic nitrogens is 1. The molecule has 0 radical (unpaired) electrons. The maximum Gasteiger partial charge on any atom is 0.206 e. The van der Waals surface area contributed by atoms with E-state index in [1.807, 2.05) is 48.7 Å². The van der Waals surface area contributed by atoms with Gasteiger partial charge in [-0.2, -0.15) is 4.57 Å². The summed E-state index contributed by atoms with van der Waals surface area (Å²) in [6.45, 7) is 0.0903. The number of hydrogen-bond acceptors (Lipinski definition) is 1. The molecule has 3 aromatic rings. The van der Waals surface area contributed by atoms with Gasteiger partial charge in [0.05, 0.1) is 0 Å².